The van der Waals surface area contributed by atoms with Crippen LogP contribution < -0.4 is 5.73 Å². The first kappa shape index (κ1) is 17.5. The first-order chi connectivity index (χ1) is 13.6. The zero-order valence-electron chi connectivity index (χ0n) is 14.9. The zero-order valence-corrected chi connectivity index (χ0v) is 14.9. The molecule has 6 nitrogen and oxygen atoms in total. The summed E-state index contributed by atoms with van der Waals surface area (Å²) in [7, 11) is 0. The first-order valence-electron chi connectivity index (χ1n) is 8.75. The van der Waals surface area contributed by atoms with Crippen LogP contribution in [0, 0.1) is 0 Å². The quantitative estimate of drug-likeness (QED) is 0.505. The van der Waals surface area contributed by atoms with Crippen molar-refractivity contribution in [3.63, 3.8) is 0 Å². The Balaban J connectivity index is 1.86. The number of anilines is 1. The van der Waals surface area contributed by atoms with E-state index in [0.717, 1.165) is 22.3 Å². The smallest absolute Gasteiger partial charge is 0.223 e. The molecule has 0 atom stereocenters. The van der Waals surface area contributed by atoms with Gasteiger partial charge in [-0.2, -0.15) is 4.98 Å². The van der Waals surface area contributed by atoms with Gasteiger partial charge in [0, 0.05) is 17.5 Å². The number of nitrogen functional groups attached to an aromatic ring is 1. The first-order valence-corrected chi connectivity index (χ1v) is 8.75. The van der Waals surface area contributed by atoms with Crippen LogP contribution in [-0.2, 0) is 6.42 Å². The van der Waals surface area contributed by atoms with Crippen LogP contribution in [0.3, 0.4) is 0 Å². The van der Waals surface area contributed by atoms with Crippen LogP contribution in [0.4, 0.5) is 5.95 Å². The minimum atomic E-state index is 0.167. The van der Waals surface area contributed by atoms with E-state index in [9.17, 15) is 10.2 Å². The van der Waals surface area contributed by atoms with Crippen molar-refractivity contribution in [2.24, 2.45) is 0 Å². The van der Waals surface area contributed by atoms with Gasteiger partial charge in [0.15, 0.2) is 0 Å². The number of hydrogen-bond donors (Lipinski definition) is 3. The number of benzene rings is 3. The summed E-state index contributed by atoms with van der Waals surface area (Å²) >= 11 is 0. The van der Waals surface area contributed by atoms with Gasteiger partial charge in [-0.15, -0.1) is 0 Å². The highest BCUT2D eigenvalue weighted by atomic mass is 16.3. The number of phenols is 2. The van der Waals surface area contributed by atoms with Crippen molar-refractivity contribution < 1.29 is 10.2 Å². The molecule has 0 saturated heterocycles. The molecule has 0 unspecified atom stereocenters. The summed E-state index contributed by atoms with van der Waals surface area (Å²) in [5, 5.41) is 20.6. The molecule has 138 valence electrons. The largest absolute Gasteiger partial charge is 0.507 e. The molecule has 0 radical (unpaired) electrons. The van der Waals surface area contributed by atoms with Crippen LogP contribution in [0.5, 0.6) is 11.5 Å². The highest BCUT2D eigenvalue weighted by Gasteiger charge is 2.14. The summed E-state index contributed by atoms with van der Waals surface area (Å²) in [6, 6.07) is 20.1. The molecule has 6 heteroatoms. The lowest BCUT2D eigenvalue weighted by Crippen LogP contribution is -2.03. The second-order valence-corrected chi connectivity index (χ2v) is 6.34. The lowest BCUT2D eigenvalue weighted by molar-refractivity contribution is 0.477. The Morgan fingerprint density at radius 2 is 1.43 bits per heavy atom. The molecule has 4 aromatic rings. The van der Waals surface area contributed by atoms with E-state index < -0.39 is 0 Å². The number of phenolic OH excluding ortho intramolecular Hbond substituents is 2. The number of nitrogens with zero attached hydrogens (tertiary/aromatic N) is 3. The van der Waals surface area contributed by atoms with Crippen molar-refractivity contribution in [1.82, 2.24) is 15.0 Å². The number of rotatable bonds is 4. The van der Waals surface area contributed by atoms with Crippen LogP contribution in [0.1, 0.15) is 11.4 Å². The minimum absolute atomic E-state index is 0.167. The molecule has 28 heavy (non-hydrogen) atoms. The summed E-state index contributed by atoms with van der Waals surface area (Å²) in [6.45, 7) is 0. The average Bonchev–Trinajstić information content (AvgIpc) is 2.69. The molecular formula is C22H18N4O2. The molecule has 0 spiro atoms. The normalized spacial score (nSPS) is 10.7. The van der Waals surface area contributed by atoms with Crippen molar-refractivity contribution in [1.29, 1.82) is 0 Å². The van der Waals surface area contributed by atoms with Crippen molar-refractivity contribution in [2.75, 3.05) is 5.73 Å². The maximum absolute atomic E-state index is 10.4. The SMILES string of the molecule is Nc1ncnc(Cc2ccc(-c3ccccc3O)cc2-c2ccccc2O)n1. The molecule has 1 aromatic heterocycles. The van der Waals surface area contributed by atoms with E-state index in [2.05, 4.69) is 15.0 Å². The van der Waals surface area contributed by atoms with Gasteiger partial charge in [0.2, 0.25) is 5.95 Å². The third-order valence-corrected chi connectivity index (χ3v) is 4.51. The standard InChI is InChI=1S/C22H18N4O2/c23-22-25-13-24-21(26-22)12-15-10-9-14(16-5-1-3-7-19(16)27)11-18(15)17-6-2-4-8-20(17)28/h1-11,13,27-28H,12H2,(H2,23,24,25,26). The Morgan fingerprint density at radius 3 is 2.11 bits per heavy atom. The molecular weight excluding hydrogens is 352 g/mol. The lowest BCUT2D eigenvalue weighted by Gasteiger charge is -2.14. The van der Waals surface area contributed by atoms with Crippen molar-refractivity contribution in [3.05, 3.63) is 84.4 Å². The van der Waals surface area contributed by atoms with Crippen molar-refractivity contribution >= 4 is 5.95 Å². The minimum Gasteiger partial charge on any atom is -0.507 e. The Labute approximate surface area is 162 Å². The summed E-state index contributed by atoms with van der Waals surface area (Å²) in [6.07, 6.45) is 1.81. The number of nitrogens with two attached hydrogens (primary N) is 1. The van der Waals surface area contributed by atoms with E-state index in [1.165, 1.54) is 6.33 Å². The second-order valence-electron chi connectivity index (χ2n) is 6.34. The predicted molar refractivity (Wildman–Crippen MR) is 108 cm³/mol. The maximum atomic E-state index is 10.4. The fourth-order valence-corrected chi connectivity index (χ4v) is 3.17. The highest BCUT2D eigenvalue weighted by molar-refractivity contribution is 5.80. The summed E-state index contributed by atoms with van der Waals surface area (Å²) in [4.78, 5) is 12.2. The van der Waals surface area contributed by atoms with Gasteiger partial charge in [0.1, 0.15) is 23.7 Å². The molecule has 1 heterocycles. The maximum Gasteiger partial charge on any atom is 0.223 e. The molecule has 0 saturated carbocycles. The molecule has 4 N–H and O–H groups in total. The molecule has 0 bridgehead atoms. The van der Waals surface area contributed by atoms with E-state index in [1.807, 2.05) is 42.5 Å². The number of para-hydroxylation sites is 2. The highest BCUT2D eigenvalue weighted by Crippen LogP contribution is 2.37. The number of aromatic hydroxyl groups is 2. The number of aromatic nitrogens is 3. The van der Waals surface area contributed by atoms with E-state index in [0.29, 0.717) is 17.8 Å². The van der Waals surface area contributed by atoms with Gasteiger partial charge in [0.25, 0.3) is 0 Å². The van der Waals surface area contributed by atoms with Gasteiger partial charge in [-0.05, 0) is 34.9 Å². The van der Waals surface area contributed by atoms with Gasteiger partial charge >= 0.3 is 0 Å². The topological polar surface area (TPSA) is 105 Å². The van der Waals surface area contributed by atoms with Crippen LogP contribution >= 0.6 is 0 Å². The summed E-state index contributed by atoms with van der Waals surface area (Å²) in [5.41, 5.74) is 9.68. The van der Waals surface area contributed by atoms with E-state index in [4.69, 9.17) is 5.73 Å². The summed E-state index contributed by atoms with van der Waals surface area (Å²) in [5.74, 6) is 1.08. The molecule has 0 aliphatic heterocycles. The Kier molecular flexibility index (Phi) is 4.60. The van der Waals surface area contributed by atoms with Gasteiger partial charge in [-0.25, -0.2) is 9.97 Å². The molecule has 3 aromatic carbocycles. The Morgan fingerprint density at radius 1 is 0.750 bits per heavy atom. The van der Waals surface area contributed by atoms with Gasteiger partial charge < -0.3 is 15.9 Å². The third kappa shape index (κ3) is 3.48. The predicted octanol–water partition coefficient (Wildman–Crippen LogP) is 3.79. The van der Waals surface area contributed by atoms with Crippen LogP contribution in [0.25, 0.3) is 22.3 Å². The van der Waals surface area contributed by atoms with Gasteiger partial charge in [0.05, 0.1) is 0 Å². The molecule has 0 aliphatic rings. The second kappa shape index (κ2) is 7.36. The fraction of sp³-hybridized carbons (Fsp3) is 0.0455. The van der Waals surface area contributed by atoms with Crippen molar-refractivity contribution in [3.8, 4) is 33.8 Å². The molecule has 0 fully saturated rings. The van der Waals surface area contributed by atoms with Crippen molar-refractivity contribution in [2.45, 2.75) is 6.42 Å². The molecule has 0 amide bonds. The molecule has 4 rings (SSSR count). The van der Waals surface area contributed by atoms with E-state index >= 15 is 0 Å². The van der Waals surface area contributed by atoms with E-state index in [1.54, 1.807) is 24.3 Å². The average molecular weight is 370 g/mol. The Bertz CT molecular complexity index is 1140. The Hall–Kier alpha value is -3.93. The van der Waals surface area contributed by atoms with Crippen LogP contribution in [0.2, 0.25) is 0 Å². The molecule has 0 aliphatic carbocycles. The van der Waals surface area contributed by atoms with Gasteiger partial charge in [-0.3, -0.25) is 0 Å². The lowest BCUT2D eigenvalue weighted by atomic mass is 9.92. The zero-order chi connectivity index (χ0) is 19.5. The third-order valence-electron chi connectivity index (χ3n) is 4.51. The van der Waals surface area contributed by atoms with Crippen LogP contribution in [-0.4, -0.2) is 25.2 Å². The van der Waals surface area contributed by atoms with Gasteiger partial charge in [-0.1, -0.05) is 48.5 Å². The number of hydrogen-bond acceptors (Lipinski definition) is 6. The summed E-state index contributed by atoms with van der Waals surface area (Å²) < 4.78 is 0. The monoisotopic (exact) mass is 370 g/mol. The van der Waals surface area contributed by atoms with E-state index in [-0.39, 0.29) is 17.4 Å². The fourth-order valence-electron chi connectivity index (χ4n) is 3.17. The van der Waals surface area contributed by atoms with Crippen LogP contribution in [0.15, 0.2) is 73.1 Å².